The van der Waals surface area contributed by atoms with Crippen molar-refractivity contribution in [3.63, 3.8) is 0 Å². The maximum atomic E-state index is 10.4. The Morgan fingerprint density at radius 2 is 2.22 bits per heavy atom. The Morgan fingerprint density at radius 1 is 1.50 bits per heavy atom. The summed E-state index contributed by atoms with van der Waals surface area (Å²) in [6, 6.07) is 5.94. The van der Waals surface area contributed by atoms with Crippen LogP contribution in [0.1, 0.15) is 18.1 Å². The number of benzene rings is 1. The largest absolute Gasteiger partial charge is 0.760 e. The lowest BCUT2D eigenvalue weighted by Crippen LogP contribution is -2.33. The lowest BCUT2D eigenvalue weighted by Gasteiger charge is -2.17. The molecule has 1 rings (SSSR count). The first-order valence-electron chi connectivity index (χ1n) is 5.92. The summed E-state index contributed by atoms with van der Waals surface area (Å²) in [7, 11) is 0. The fourth-order valence-corrected chi connectivity index (χ4v) is 2.13. The fourth-order valence-electron chi connectivity index (χ4n) is 1.72. The fraction of sp³-hybridized carbons (Fsp3) is 0.500. The van der Waals surface area contributed by atoms with Crippen LogP contribution in [-0.2, 0) is 17.7 Å². The monoisotopic (exact) mass is 270 g/mol. The zero-order chi connectivity index (χ0) is 13.5. The quantitative estimate of drug-likeness (QED) is 0.636. The number of rotatable bonds is 7. The average Bonchev–Trinajstić information content (AvgIpc) is 2.29. The van der Waals surface area contributed by atoms with Gasteiger partial charge in [0.2, 0.25) is 0 Å². The Morgan fingerprint density at radius 3 is 2.78 bits per heavy atom. The minimum absolute atomic E-state index is 0.146. The molecule has 0 aliphatic rings. The standard InChI is InChI=1S/C12H21N3O2S/c1-9-7-12(4-3-11(9)5-6-13)14-8-10(2)15-18(16)17/h3-4,7,10,14-15H,5-6,8,13H2,1-2H3,(H,16,17)/p-1. The van der Waals surface area contributed by atoms with E-state index in [1.165, 1.54) is 11.1 Å². The number of nitrogens with two attached hydrogens (primary N) is 1. The lowest BCUT2D eigenvalue weighted by molar-refractivity contribution is 0.511. The highest BCUT2D eigenvalue weighted by Crippen LogP contribution is 2.15. The number of anilines is 1. The van der Waals surface area contributed by atoms with Crippen molar-refractivity contribution in [3.8, 4) is 0 Å². The molecule has 0 spiro atoms. The van der Waals surface area contributed by atoms with E-state index in [2.05, 4.69) is 10.0 Å². The van der Waals surface area contributed by atoms with Crippen LogP contribution in [-0.4, -0.2) is 27.9 Å². The van der Waals surface area contributed by atoms with Crippen LogP contribution in [0.15, 0.2) is 18.2 Å². The van der Waals surface area contributed by atoms with E-state index < -0.39 is 11.3 Å². The van der Waals surface area contributed by atoms with E-state index in [0.717, 1.165) is 12.1 Å². The van der Waals surface area contributed by atoms with Crippen molar-refractivity contribution < 1.29 is 8.76 Å². The van der Waals surface area contributed by atoms with Crippen LogP contribution >= 0.6 is 0 Å². The summed E-state index contributed by atoms with van der Waals surface area (Å²) in [5.74, 6) is 0. The van der Waals surface area contributed by atoms with E-state index >= 15 is 0 Å². The van der Waals surface area contributed by atoms with Crippen LogP contribution in [0.2, 0.25) is 0 Å². The van der Waals surface area contributed by atoms with Crippen molar-refractivity contribution in [1.29, 1.82) is 0 Å². The molecule has 0 aromatic heterocycles. The van der Waals surface area contributed by atoms with E-state index in [9.17, 15) is 8.76 Å². The van der Waals surface area contributed by atoms with Gasteiger partial charge in [0.05, 0.1) is 0 Å². The lowest BCUT2D eigenvalue weighted by atomic mass is 10.1. The molecule has 0 bridgehead atoms. The molecule has 0 fully saturated rings. The first-order chi connectivity index (χ1) is 8.52. The van der Waals surface area contributed by atoms with Crippen molar-refractivity contribution >= 4 is 17.0 Å². The predicted octanol–water partition coefficient (Wildman–Crippen LogP) is 0.680. The first-order valence-corrected chi connectivity index (χ1v) is 6.99. The normalized spacial score (nSPS) is 14.2. The molecule has 6 heteroatoms. The number of hydrogen-bond acceptors (Lipinski definition) is 4. The van der Waals surface area contributed by atoms with E-state index in [0.29, 0.717) is 13.1 Å². The van der Waals surface area contributed by atoms with Crippen molar-refractivity contribution in [2.45, 2.75) is 26.3 Å². The zero-order valence-electron chi connectivity index (χ0n) is 10.7. The summed E-state index contributed by atoms with van der Waals surface area (Å²) in [6.45, 7) is 5.04. The van der Waals surface area contributed by atoms with Crippen LogP contribution in [0.4, 0.5) is 5.69 Å². The Labute approximate surface area is 111 Å². The van der Waals surface area contributed by atoms with Gasteiger partial charge in [-0.25, -0.2) is 4.72 Å². The molecule has 0 aliphatic heterocycles. The summed E-state index contributed by atoms with van der Waals surface area (Å²) in [5.41, 5.74) is 8.95. The summed E-state index contributed by atoms with van der Waals surface area (Å²) < 4.78 is 23.3. The molecule has 18 heavy (non-hydrogen) atoms. The topological polar surface area (TPSA) is 90.2 Å². The van der Waals surface area contributed by atoms with Gasteiger partial charge in [-0.15, -0.1) is 0 Å². The van der Waals surface area contributed by atoms with E-state index in [4.69, 9.17) is 5.73 Å². The predicted molar refractivity (Wildman–Crippen MR) is 73.9 cm³/mol. The van der Waals surface area contributed by atoms with E-state index in [1.807, 2.05) is 25.1 Å². The van der Waals surface area contributed by atoms with Gasteiger partial charge in [-0.1, -0.05) is 6.07 Å². The maximum absolute atomic E-state index is 10.4. The second-order valence-electron chi connectivity index (χ2n) is 4.31. The number of nitrogens with one attached hydrogen (secondary N) is 2. The van der Waals surface area contributed by atoms with Crippen LogP contribution in [0, 0.1) is 6.92 Å². The zero-order valence-corrected chi connectivity index (χ0v) is 11.5. The summed E-state index contributed by atoms with van der Waals surface area (Å²) in [4.78, 5) is 0. The Balaban J connectivity index is 2.53. The van der Waals surface area contributed by atoms with Crippen LogP contribution in [0.3, 0.4) is 0 Å². The second-order valence-corrected chi connectivity index (χ2v) is 5.02. The molecule has 5 nitrogen and oxygen atoms in total. The minimum atomic E-state index is -2.22. The maximum Gasteiger partial charge on any atom is 0.0343 e. The first kappa shape index (κ1) is 15.1. The van der Waals surface area contributed by atoms with E-state index in [-0.39, 0.29) is 6.04 Å². The summed E-state index contributed by atoms with van der Waals surface area (Å²) >= 11 is -2.22. The molecule has 0 saturated heterocycles. The van der Waals surface area contributed by atoms with Crippen LogP contribution in [0.25, 0.3) is 0 Å². The van der Waals surface area contributed by atoms with Gasteiger partial charge in [0, 0.05) is 29.5 Å². The van der Waals surface area contributed by atoms with Gasteiger partial charge in [-0.2, -0.15) is 0 Å². The molecule has 2 unspecified atom stereocenters. The second kappa shape index (κ2) is 7.48. The summed E-state index contributed by atoms with van der Waals surface area (Å²) in [5, 5.41) is 3.19. The molecule has 102 valence electrons. The highest BCUT2D eigenvalue weighted by Gasteiger charge is 2.02. The van der Waals surface area contributed by atoms with Crippen molar-refractivity contribution in [1.82, 2.24) is 4.72 Å². The van der Waals surface area contributed by atoms with Crippen molar-refractivity contribution in [3.05, 3.63) is 29.3 Å². The molecular formula is C12H20N3O2S-. The molecule has 1 aromatic rings. The Hall–Kier alpha value is -0.950. The molecule has 0 radical (unpaired) electrons. The number of hydrogen-bond donors (Lipinski definition) is 3. The van der Waals surface area contributed by atoms with Gasteiger partial charge in [0.15, 0.2) is 0 Å². The van der Waals surface area contributed by atoms with Gasteiger partial charge in [0.1, 0.15) is 0 Å². The van der Waals surface area contributed by atoms with Gasteiger partial charge in [-0.05, 0) is 50.1 Å². The van der Waals surface area contributed by atoms with Gasteiger partial charge in [0.25, 0.3) is 0 Å². The Bertz CT molecular complexity index is 412. The third-order valence-corrected chi connectivity index (χ3v) is 3.26. The number of aryl methyl sites for hydroxylation is 1. The van der Waals surface area contributed by atoms with Gasteiger partial charge in [-0.3, -0.25) is 4.21 Å². The molecule has 0 amide bonds. The highest BCUT2D eigenvalue weighted by atomic mass is 32.2. The molecule has 0 saturated carbocycles. The molecule has 2 atom stereocenters. The van der Waals surface area contributed by atoms with Crippen LogP contribution in [0.5, 0.6) is 0 Å². The highest BCUT2D eigenvalue weighted by molar-refractivity contribution is 7.77. The molecule has 4 N–H and O–H groups in total. The molecule has 1 aromatic carbocycles. The molecule has 0 heterocycles. The third kappa shape index (κ3) is 5.14. The third-order valence-electron chi connectivity index (χ3n) is 2.67. The summed E-state index contributed by atoms with van der Waals surface area (Å²) in [6.07, 6.45) is 0.874. The van der Waals surface area contributed by atoms with E-state index in [1.54, 1.807) is 6.92 Å². The molecular weight excluding hydrogens is 250 g/mol. The van der Waals surface area contributed by atoms with Gasteiger partial charge < -0.3 is 15.6 Å². The van der Waals surface area contributed by atoms with Crippen molar-refractivity contribution in [2.75, 3.05) is 18.4 Å². The molecule has 0 aliphatic carbocycles. The van der Waals surface area contributed by atoms with Crippen molar-refractivity contribution in [2.24, 2.45) is 5.73 Å². The average molecular weight is 270 g/mol. The van der Waals surface area contributed by atoms with Crippen LogP contribution < -0.4 is 15.8 Å². The smallest absolute Gasteiger partial charge is 0.0343 e. The Kier molecular flexibility index (Phi) is 6.28. The SMILES string of the molecule is Cc1cc(NCC(C)NS(=O)[O-])ccc1CCN. The minimum Gasteiger partial charge on any atom is -0.760 e. The van der Waals surface area contributed by atoms with Gasteiger partial charge >= 0.3 is 0 Å².